The van der Waals surface area contributed by atoms with Crippen LogP contribution in [-0.4, -0.2) is 30.1 Å². The first-order chi connectivity index (χ1) is 9.51. The molecule has 2 nitrogen and oxygen atoms in total. The van der Waals surface area contributed by atoms with Crippen molar-refractivity contribution in [2.45, 2.75) is 38.0 Å². The molecule has 2 rings (SSSR count). The van der Waals surface area contributed by atoms with Gasteiger partial charge in [0, 0.05) is 30.1 Å². The molecule has 2 N–H and O–H groups in total. The fourth-order valence-corrected chi connectivity index (χ4v) is 3.76. The van der Waals surface area contributed by atoms with Gasteiger partial charge in [0.1, 0.15) is 17.3 Å². The molecular weight excluding hydrogens is 278 g/mol. The Morgan fingerprint density at radius 2 is 2.05 bits per heavy atom. The lowest BCUT2D eigenvalue weighted by molar-refractivity contribution is 0.562. The van der Waals surface area contributed by atoms with Gasteiger partial charge in [-0.25, -0.2) is 8.78 Å². The standard InChI is InChI=1S/C15H22F2N2S/c1-3-12-9-19(4-5-20-12)15-13(16)7-11(6-10(2)18)8-14(15)17/h7-8,10,12H,3-6,9,18H2,1-2H3. The highest BCUT2D eigenvalue weighted by Crippen LogP contribution is 2.30. The molecule has 0 amide bonds. The predicted octanol–water partition coefficient (Wildman–Crippen LogP) is 3.19. The summed E-state index contributed by atoms with van der Waals surface area (Å²) in [6, 6.07) is 2.74. The third-order valence-electron chi connectivity index (χ3n) is 3.54. The minimum absolute atomic E-state index is 0.101. The van der Waals surface area contributed by atoms with Gasteiger partial charge >= 0.3 is 0 Å². The van der Waals surface area contributed by atoms with Crippen LogP contribution in [0.4, 0.5) is 14.5 Å². The molecule has 1 aliphatic rings. The number of hydrogen-bond donors (Lipinski definition) is 1. The lowest BCUT2D eigenvalue weighted by Crippen LogP contribution is -2.38. The van der Waals surface area contributed by atoms with E-state index in [9.17, 15) is 8.78 Å². The summed E-state index contributed by atoms with van der Waals surface area (Å²) in [6.07, 6.45) is 1.51. The summed E-state index contributed by atoms with van der Waals surface area (Å²) in [7, 11) is 0. The van der Waals surface area contributed by atoms with Crippen molar-refractivity contribution >= 4 is 17.4 Å². The van der Waals surface area contributed by atoms with E-state index in [4.69, 9.17) is 5.73 Å². The van der Waals surface area contributed by atoms with E-state index < -0.39 is 11.6 Å². The Bertz CT molecular complexity index is 442. The summed E-state index contributed by atoms with van der Waals surface area (Å²) in [5, 5.41) is 0.450. The molecule has 112 valence electrons. The highest BCUT2D eigenvalue weighted by atomic mass is 32.2. The van der Waals surface area contributed by atoms with Crippen LogP contribution in [0.5, 0.6) is 0 Å². The maximum absolute atomic E-state index is 14.2. The van der Waals surface area contributed by atoms with Gasteiger partial charge in [-0.15, -0.1) is 0 Å². The van der Waals surface area contributed by atoms with Gasteiger partial charge in [-0.2, -0.15) is 11.8 Å². The van der Waals surface area contributed by atoms with Crippen molar-refractivity contribution < 1.29 is 8.78 Å². The summed E-state index contributed by atoms with van der Waals surface area (Å²) in [5.41, 5.74) is 6.43. The molecule has 0 aromatic heterocycles. The minimum Gasteiger partial charge on any atom is -0.365 e. The second-order valence-corrected chi connectivity index (χ2v) is 6.84. The zero-order valence-corrected chi connectivity index (χ0v) is 12.9. The molecule has 0 aliphatic carbocycles. The van der Waals surface area contributed by atoms with Crippen LogP contribution in [0.3, 0.4) is 0 Å². The van der Waals surface area contributed by atoms with E-state index in [-0.39, 0.29) is 11.7 Å². The predicted molar refractivity (Wildman–Crippen MR) is 82.5 cm³/mol. The number of hydrogen-bond acceptors (Lipinski definition) is 3. The zero-order chi connectivity index (χ0) is 14.7. The molecule has 1 saturated heterocycles. The van der Waals surface area contributed by atoms with Crippen molar-refractivity contribution in [2.75, 3.05) is 23.7 Å². The van der Waals surface area contributed by atoms with Crippen LogP contribution in [0.25, 0.3) is 0 Å². The molecule has 1 aromatic carbocycles. The topological polar surface area (TPSA) is 29.3 Å². The Morgan fingerprint density at radius 3 is 2.60 bits per heavy atom. The quantitative estimate of drug-likeness (QED) is 0.926. The van der Waals surface area contributed by atoms with Crippen LogP contribution in [0.2, 0.25) is 0 Å². The molecule has 2 unspecified atom stereocenters. The zero-order valence-electron chi connectivity index (χ0n) is 12.0. The molecule has 0 bridgehead atoms. The van der Waals surface area contributed by atoms with Crippen molar-refractivity contribution in [3.63, 3.8) is 0 Å². The lowest BCUT2D eigenvalue weighted by atomic mass is 10.1. The van der Waals surface area contributed by atoms with Crippen LogP contribution in [-0.2, 0) is 6.42 Å². The second kappa shape index (κ2) is 6.76. The van der Waals surface area contributed by atoms with Gasteiger partial charge in [-0.05, 0) is 37.5 Å². The normalized spacial score (nSPS) is 21.1. The molecular formula is C15H22F2N2S. The molecule has 0 spiro atoms. The summed E-state index contributed by atoms with van der Waals surface area (Å²) < 4.78 is 28.5. The van der Waals surface area contributed by atoms with E-state index in [1.165, 1.54) is 12.1 Å². The Morgan fingerprint density at radius 1 is 1.40 bits per heavy atom. The summed E-state index contributed by atoms with van der Waals surface area (Å²) in [5.74, 6) is -0.0243. The Kier molecular flexibility index (Phi) is 5.27. The van der Waals surface area contributed by atoms with Gasteiger partial charge in [-0.1, -0.05) is 6.92 Å². The first-order valence-electron chi connectivity index (χ1n) is 7.11. The Balaban J connectivity index is 2.23. The van der Waals surface area contributed by atoms with Crippen LogP contribution >= 0.6 is 11.8 Å². The first-order valence-corrected chi connectivity index (χ1v) is 8.16. The molecule has 0 saturated carbocycles. The van der Waals surface area contributed by atoms with Crippen molar-refractivity contribution in [2.24, 2.45) is 5.73 Å². The van der Waals surface area contributed by atoms with Crippen LogP contribution in [0, 0.1) is 11.6 Å². The number of halogens is 2. The van der Waals surface area contributed by atoms with Crippen LogP contribution in [0.15, 0.2) is 12.1 Å². The van der Waals surface area contributed by atoms with E-state index >= 15 is 0 Å². The fourth-order valence-electron chi connectivity index (χ4n) is 2.58. The number of nitrogens with zero attached hydrogens (tertiary/aromatic N) is 1. The average molecular weight is 300 g/mol. The monoisotopic (exact) mass is 300 g/mol. The molecule has 1 fully saturated rings. The largest absolute Gasteiger partial charge is 0.365 e. The van der Waals surface area contributed by atoms with E-state index in [0.717, 1.165) is 12.2 Å². The average Bonchev–Trinajstić information content (AvgIpc) is 2.37. The maximum Gasteiger partial charge on any atom is 0.149 e. The van der Waals surface area contributed by atoms with Crippen molar-refractivity contribution in [3.8, 4) is 0 Å². The number of rotatable bonds is 4. The molecule has 2 atom stereocenters. The number of benzene rings is 1. The Labute approximate surface area is 123 Å². The van der Waals surface area contributed by atoms with Gasteiger partial charge in [0.25, 0.3) is 0 Å². The maximum atomic E-state index is 14.2. The van der Waals surface area contributed by atoms with Gasteiger partial charge in [0.15, 0.2) is 0 Å². The van der Waals surface area contributed by atoms with Crippen LogP contribution < -0.4 is 10.6 Å². The SMILES string of the molecule is CCC1CN(c2c(F)cc(CC(C)N)cc2F)CCS1. The van der Waals surface area contributed by atoms with Gasteiger partial charge < -0.3 is 10.6 Å². The number of anilines is 1. The Hall–Kier alpha value is -0.810. The molecule has 20 heavy (non-hydrogen) atoms. The third kappa shape index (κ3) is 3.64. The molecule has 1 heterocycles. The highest BCUT2D eigenvalue weighted by molar-refractivity contribution is 8.00. The second-order valence-electron chi connectivity index (χ2n) is 5.44. The van der Waals surface area contributed by atoms with E-state index in [1.807, 2.05) is 23.6 Å². The lowest BCUT2D eigenvalue weighted by Gasteiger charge is -2.34. The van der Waals surface area contributed by atoms with Gasteiger partial charge in [0.05, 0.1) is 0 Å². The van der Waals surface area contributed by atoms with Gasteiger partial charge in [-0.3, -0.25) is 0 Å². The van der Waals surface area contributed by atoms with Crippen molar-refractivity contribution in [1.82, 2.24) is 0 Å². The third-order valence-corrected chi connectivity index (χ3v) is 4.92. The first kappa shape index (κ1) is 15.6. The number of thioether (sulfide) groups is 1. The molecule has 5 heteroatoms. The van der Waals surface area contributed by atoms with Gasteiger partial charge in [0.2, 0.25) is 0 Å². The van der Waals surface area contributed by atoms with E-state index in [2.05, 4.69) is 6.92 Å². The minimum atomic E-state index is -0.470. The summed E-state index contributed by atoms with van der Waals surface area (Å²) >= 11 is 1.88. The summed E-state index contributed by atoms with van der Waals surface area (Å²) in [4.78, 5) is 1.84. The van der Waals surface area contributed by atoms with Crippen LogP contribution in [0.1, 0.15) is 25.8 Å². The number of nitrogens with two attached hydrogens (primary N) is 1. The molecule has 1 aromatic rings. The van der Waals surface area contributed by atoms with E-state index in [0.29, 0.717) is 30.3 Å². The van der Waals surface area contributed by atoms with Crippen molar-refractivity contribution in [3.05, 3.63) is 29.3 Å². The van der Waals surface area contributed by atoms with Crippen molar-refractivity contribution in [1.29, 1.82) is 0 Å². The smallest absolute Gasteiger partial charge is 0.149 e. The highest BCUT2D eigenvalue weighted by Gasteiger charge is 2.24. The summed E-state index contributed by atoms with van der Waals surface area (Å²) in [6.45, 7) is 5.35. The fraction of sp³-hybridized carbons (Fsp3) is 0.600. The molecule has 1 aliphatic heterocycles. The molecule has 0 radical (unpaired) electrons. The van der Waals surface area contributed by atoms with E-state index in [1.54, 1.807) is 0 Å².